The third kappa shape index (κ3) is 5.16. The van der Waals surface area contributed by atoms with E-state index < -0.39 is 41.8 Å². The molecule has 0 atom stereocenters. The van der Waals surface area contributed by atoms with Gasteiger partial charge in [0.1, 0.15) is 6.61 Å². The van der Waals surface area contributed by atoms with Crippen LogP contribution in [0.3, 0.4) is 0 Å². The van der Waals surface area contributed by atoms with E-state index in [-0.39, 0.29) is 24.6 Å². The van der Waals surface area contributed by atoms with Crippen molar-refractivity contribution in [1.29, 1.82) is 0 Å². The number of carbonyl (C=O) groups excluding carboxylic acids is 1. The molecule has 9 heteroatoms. The number of phenols is 1. The maximum Gasteiger partial charge on any atom is 0.492 e. The van der Waals surface area contributed by atoms with Crippen molar-refractivity contribution in [1.82, 2.24) is 5.32 Å². The van der Waals surface area contributed by atoms with Crippen LogP contribution in [0.2, 0.25) is 0 Å². The van der Waals surface area contributed by atoms with Crippen molar-refractivity contribution in [2.24, 2.45) is 0 Å². The zero-order valence-corrected chi connectivity index (χ0v) is 22.3. The van der Waals surface area contributed by atoms with Crippen LogP contribution in [-0.4, -0.2) is 42.7 Å². The normalized spacial score (nSPS) is 17.6. The van der Waals surface area contributed by atoms with Gasteiger partial charge in [-0.2, -0.15) is 4.39 Å². The van der Waals surface area contributed by atoms with E-state index in [2.05, 4.69) is 17.4 Å². The minimum absolute atomic E-state index is 0.0484. The molecule has 0 spiro atoms. The van der Waals surface area contributed by atoms with E-state index in [1.807, 2.05) is 64.1 Å². The zero-order valence-electron chi connectivity index (χ0n) is 22.3. The first-order valence-corrected chi connectivity index (χ1v) is 12.8. The van der Waals surface area contributed by atoms with E-state index in [0.29, 0.717) is 5.47 Å². The molecule has 0 unspecified atom stereocenters. The van der Waals surface area contributed by atoms with Gasteiger partial charge >= 0.3 is 13.2 Å². The molecule has 202 valence electrons. The van der Waals surface area contributed by atoms with Crippen LogP contribution in [0.25, 0.3) is 17.2 Å². The molecule has 3 aromatic carbocycles. The lowest BCUT2D eigenvalue weighted by Gasteiger charge is -2.32. The first-order valence-electron chi connectivity index (χ1n) is 12.8. The van der Waals surface area contributed by atoms with Crippen LogP contribution in [0.15, 0.2) is 66.1 Å². The molecule has 1 heterocycles. The van der Waals surface area contributed by atoms with Gasteiger partial charge in [0.15, 0.2) is 17.4 Å². The van der Waals surface area contributed by atoms with Crippen molar-refractivity contribution < 1.29 is 32.7 Å². The highest BCUT2D eigenvalue weighted by Crippen LogP contribution is 2.44. The van der Waals surface area contributed by atoms with Crippen LogP contribution in [-0.2, 0) is 14.0 Å². The average Bonchev–Trinajstić information content (AvgIpc) is 3.32. The number of aromatic hydroxyl groups is 1. The molecule has 3 aromatic rings. The van der Waals surface area contributed by atoms with Crippen molar-refractivity contribution >= 4 is 19.3 Å². The highest BCUT2D eigenvalue weighted by molar-refractivity contribution is 6.56. The van der Waals surface area contributed by atoms with Crippen molar-refractivity contribution in [3.05, 3.63) is 94.5 Å². The van der Waals surface area contributed by atoms with Gasteiger partial charge in [0.2, 0.25) is 0 Å². The van der Waals surface area contributed by atoms with Gasteiger partial charge in [-0.3, -0.25) is 0 Å². The summed E-state index contributed by atoms with van der Waals surface area (Å²) in [6.07, 6.45) is 0.848. The molecular weight excluding hydrogens is 503 g/mol. The number of carbonyl (C=O) groups is 1. The summed E-state index contributed by atoms with van der Waals surface area (Å²) in [5.41, 5.74) is 3.74. The number of hydrogen-bond donors (Lipinski definition) is 2. The lowest BCUT2D eigenvalue weighted by Crippen LogP contribution is -2.41. The van der Waals surface area contributed by atoms with E-state index in [9.17, 15) is 18.7 Å². The Kier molecular flexibility index (Phi) is 6.99. The van der Waals surface area contributed by atoms with Crippen LogP contribution in [0, 0.1) is 11.6 Å². The summed E-state index contributed by atoms with van der Waals surface area (Å²) in [5, 5.41) is 12.5. The van der Waals surface area contributed by atoms with Gasteiger partial charge in [0.25, 0.3) is 0 Å². The molecule has 1 aliphatic heterocycles. The summed E-state index contributed by atoms with van der Waals surface area (Å²) in [6, 6.07) is 18.2. The Morgan fingerprint density at radius 3 is 2.13 bits per heavy atom. The van der Waals surface area contributed by atoms with Crippen molar-refractivity contribution in [3.8, 4) is 16.9 Å². The second-order valence-electron chi connectivity index (χ2n) is 10.8. The number of benzene rings is 3. The topological polar surface area (TPSA) is 77.0 Å². The highest BCUT2D eigenvalue weighted by atomic mass is 19.2. The summed E-state index contributed by atoms with van der Waals surface area (Å²) in [4.78, 5) is 12.8. The SMILES string of the molecule is CC1(C)OB(C(=Cc2cc(O)c(F)c(F)c2)CNC(=O)OCC2c3ccccc3-c3ccccc32)OC1(C)C. The number of amides is 1. The fraction of sp³-hybridized carbons (Fsp3) is 0.300. The third-order valence-electron chi connectivity index (χ3n) is 7.72. The number of hydrogen-bond acceptors (Lipinski definition) is 5. The molecule has 1 fully saturated rings. The summed E-state index contributed by atoms with van der Waals surface area (Å²) in [5.74, 6) is -3.44. The Morgan fingerprint density at radius 1 is 1.00 bits per heavy atom. The van der Waals surface area contributed by atoms with E-state index in [0.717, 1.165) is 34.4 Å². The van der Waals surface area contributed by atoms with Gasteiger partial charge in [-0.15, -0.1) is 0 Å². The third-order valence-corrected chi connectivity index (χ3v) is 7.72. The number of phenolic OH excluding ortho intramolecular Hbond substituents is 1. The fourth-order valence-electron chi connectivity index (χ4n) is 4.91. The summed E-state index contributed by atoms with van der Waals surface area (Å²) in [6.45, 7) is 7.62. The number of rotatable bonds is 6. The summed E-state index contributed by atoms with van der Waals surface area (Å²) in [7, 11) is -0.876. The monoisotopic (exact) mass is 533 g/mol. The Hall–Kier alpha value is -3.69. The van der Waals surface area contributed by atoms with Crippen LogP contribution >= 0.6 is 0 Å². The second kappa shape index (κ2) is 10.1. The molecule has 2 aliphatic rings. The quantitative estimate of drug-likeness (QED) is 0.368. The predicted molar refractivity (Wildman–Crippen MR) is 145 cm³/mol. The minimum Gasteiger partial charge on any atom is -0.505 e. The van der Waals surface area contributed by atoms with E-state index in [4.69, 9.17) is 14.0 Å². The van der Waals surface area contributed by atoms with Crippen molar-refractivity contribution in [3.63, 3.8) is 0 Å². The number of ether oxygens (including phenoxy) is 1. The van der Waals surface area contributed by atoms with Gasteiger partial charge in [-0.05, 0) is 73.1 Å². The molecule has 0 saturated carbocycles. The molecule has 0 radical (unpaired) electrons. The maximum atomic E-state index is 14.0. The molecule has 6 nitrogen and oxygen atoms in total. The lowest BCUT2D eigenvalue weighted by atomic mass is 9.77. The van der Waals surface area contributed by atoms with Gasteiger partial charge in [-0.1, -0.05) is 54.6 Å². The summed E-state index contributed by atoms with van der Waals surface area (Å²) >= 11 is 0. The molecule has 39 heavy (non-hydrogen) atoms. The maximum absolute atomic E-state index is 14.0. The van der Waals surface area contributed by atoms with E-state index in [1.165, 1.54) is 6.08 Å². The molecule has 1 aliphatic carbocycles. The van der Waals surface area contributed by atoms with E-state index in [1.54, 1.807) is 0 Å². The molecule has 5 rings (SSSR count). The van der Waals surface area contributed by atoms with Gasteiger partial charge in [0.05, 0.1) is 11.2 Å². The first-order chi connectivity index (χ1) is 18.5. The highest BCUT2D eigenvalue weighted by Gasteiger charge is 2.52. The Balaban J connectivity index is 1.32. The smallest absolute Gasteiger partial charge is 0.492 e. The summed E-state index contributed by atoms with van der Waals surface area (Å²) < 4.78 is 45.5. The number of halogens is 2. The standard InChI is InChI=1S/C30H30BF2NO5/c1-29(2)30(3,4)39-31(38-29)19(13-18-14-25(32)27(33)26(35)15-18)16-34-28(36)37-17-24-22-11-7-5-9-20(22)21-10-6-8-12-23(21)24/h5-15,24,35H,16-17H2,1-4H3,(H,34,36). The van der Waals surface area contributed by atoms with Crippen molar-refractivity contribution in [2.45, 2.75) is 44.8 Å². The van der Waals surface area contributed by atoms with Gasteiger partial charge in [-0.25, -0.2) is 9.18 Å². The zero-order chi connectivity index (χ0) is 27.9. The lowest BCUT2D eigenvalue weighted by molar-refractivity contribution is 0.00578. The Labute approximate surface area is 226 Å². The molecule has 1 amide bonds. The van der Waals surface area contributed by atoms with Crippen LogP contribution < -0.4 is 5.32 Å². The Bertz CT molecular complexity index is 1370. The predicted octanol–water partition coefficient (Wildman–Crippen LogP) is 6.22. The molecule has 0 bridgehead atoms. The van der Waals surface area contributed by atoms with Gasteiger partial charge in [0, 0.05) is 12.5 Å². The fourth-order valence-corrected chi connectivity index (χ4v) is 4.91. The van der Waals surface area contributed by atoms with Crippen LogP contribution in [0.5, 0.6) is 5.75 Å². The van der Waals surface area contributed by atoms with Crippen LogP contribution in [0.4, 0.5) is 13.6 Å². The molecule has 2 N–H and O–H groups in total. The molecule has 0 aromatic heterocycles. The number of fused-ring (bicyclic) bond motifs is 3. The second-order valence-corrected chi connectivity index (χ2v) is 10.8. The minimum atomic E-state index is -1.33. The largest absolute Gasteiger partial charge is 0.505 e. The van der Waals surface area contributed by atoms with Gasteiger partial charge < -0.3 is 24.5 Å². The number of nitrogens with one attached hydrogen (secondary N) is 1. The first kappa shape index (κ1) is 26.9. The molecular formula is C30H30BF2NO5. The van der Waals surface area contributed by atoms with Crippen LogP contribution in [0.1, 0.15) is 50.3 Å². The van der Waals surface area contributed by atoms with E-state index >= 15 is 0 Å². The average molecular weight is 533 g/mol. The number of alkyl carbamates (subject to hydrolysis) is 1. The molecule has 1 saturated heterocycles. The Morgan fingerprint density at radius 2 is 1.56 bits per heavy atom. The van der Waals surface area contributed by atoms with Crippen molar-refractivity contribution in [2.75, 3.05) is 13.2 Å².